The molecule has 25 heavy (non-hydrogen) atoms. The van der Waals surface area contributed by atoms with E-state index in [0.717, 1.165) is 17.0 Å². The lowest BCUT2D eigenvalue weighted by atomic mass is 10.1. The highest BCUT2D eigenvalue weighted by molar-refractivity contribution is 6.08. The molecule has 0 unspecified atom stereocenters. The molecule has 0 saturated carbocycles. The zero-order valence-corrected chi connectivity index (χ0v) is 14.1. The van der Waals surface area contributed by atoms with Crippen molar-refractivity contribution < 1.29 is 14.7 Å². The van der Waals surface area contributed by atoms with Crippen LogP contribution >= 0.6 is 0 Å². The number of amides is 1. The second-order valence-corrected chi connectivity index (χ2v) is 6.01. The van der Waals surface area contributed by atoms with Crippen molar-refractivity contribution in [3.63, 3.8) is 0 Å². The molecule has 2 aromatic heterocycles. The van der Waals surface area contributed by atoms with Crippen LogP contribution in [0, 0.1) is 13.8 Å². The molecule has 0 bridgehead atoms. The van der Waals surface area contributed by atoms with E-state index in [-0.39, 0.29) is 12.3 Å². The monoisotopic (exact) mass is 337 g/mol. The average molecular weight is 337 g/mol. The van der Waals surface area contributed by atoms with Crippen molar-refractivity contribution in [3.05, 3.63) is 65.1 Å². The first-order chi connectivity index (χ1) is 11.9. The van der Waals surface area contributed by atoms with Gasteiger partial charge in [-0.1, -0.05) is 12.1 Å². The Balaban J connectivity index is 1.77. The number of aryl methyl sites for hydroxylation is 3. The van der Waals surface area contributed by atoms with Gasteiger partial charge in [0.05, 0.1) is 5.56 Å². The van der Waals surface area contributed by atoms with Crippen molar-refractivity contribution in [1.82, 2.24) is 9.38 Å². The number of anilines is 1. The zero-order chi connectivity index (χ0) is 18.0. The SMILES string of the molecule is Cc1cc(C)n2ccc(C(=O)Nc3ccc(CCC(=O)O)cc3)c2n1. The van der Waals surface area contributed by atoms with Crippen LogP contribution in [-0.2, 0) is 11.2 Å². The first kappa shape index (κ1) is 16.7. The second-order valence-electron chi connectivity index (χ2n) is 6.01. The maximum absolute atomic E-state index is 12.6. The molecule has 3 aromatic rings. The molecule has 1 aromatic carbocycles. The Labute approximate surface area is 145 Å². The predicted molar refractivity (Wildman–Crippen MR) is 95.0 cm³/mol. The summed E-state index contributed by atoms with van der Waals surface area (Å²) in [6.07, 6.45) is 2.39. The Kier molecular flexibility index (Phi) is 4.52. The van der Waals surface area contributed by atoms with E-state index in [1.165, 1.54) is 0 Å². The van der Waals surface area contributed by atoms with E-state index >= 15 is 0 Å². The van der Waals surface area contributed by atoms with Crippen LogP contribution in [0.5, 0.6) is 0 Å². The molecule has 0 aliphatic rings. The van der Waals surface area contributed by atoms with Crippen molar-refractivity contribution >= 4 is 23.2 Å². The minimum Gasteiger partial charge on any atom is -0.481 e. The predicted octanol–water partition coefficient (Wildman–Crippen LogP) is 3.22. The molecule has 0 aliphatic heterocycles. The van der Waals surface area contributed by atoms with Crippen LogP contribution in [-0.4, -0.2) is 26.4 Å². The first-order valence-corrected chi connectivity index (χ1v) is 8.01. The van der Waals surface area contributed by atoms with Crippen LogP contribution < -0.4 is 5.32 Å². The number of carbonyl (C=O) groups excluding carboxylic acids is 1. The van der Waals surface area contributed by atoms with Crippen LogP contribution in [0.15, 0.2) is 42.6 Å². The summed E-state index contributed by atoms with van der Waals surface area (Å²) in [6.45, 7) is 3.87. The maximum Gasteiger partial charge on any atom is 0.303 e. The number of nitrogens with zero attached hydrogens (tertiary/aromatic N) is 2. The number of hydrogen-bond acceptors (Lipinski definition) is 3. The number of aliphatic carboxylic acids is 1. The molecule has 0 radical (unpaired) electrons. The van der Waals surface area contributed by atoms with Crippen LogP contribution in [0.1, 0.15) is 33.7 Å². The largest absolute Gasteiger partial charge is 0.481 e. The third-order valence-corrected chi connectivity index (χ3v) is 4.02. The lowest BCUT2D eigenvalue weighted by molar-refractivity contribution is -0.136. The number of fused-ring (bicyclic) bond motifs is 1. The summed E-state index contributed by atoms with van der Waals surface area (Å²) in [5, 5.41) is 11.6. The Morgan fingerprint density at radius 3 is 2.56 bits per heavy atom. The van der Waals surface area contributed by atoms with Gasteiger partial charge in [0.15, 0.2) is 0 Å². The quantitative estimate of drug-likeness (QED) is 0.749. The van der Waals surface area contributed by atoms with Crippen molar-refractivity contribution in [3.8, 4) is 0 Å². The highest BCUT2D eigenvalue weighted by atomic mass is 16.4. The normalized spacial score (nSPS) is 10.8. The number of benzene rings is 1. The van der Waals surface area contributed by atoms with Gasteiger partial charge in [-0.3, -0.25) is 9.59 Å². The Bertz CT molecular complexity index is 942. The molecule has 0 fully saturated rings. The third kappa shape index (κ3) is 3.68. The lowest BCUT2D eigenvalue weighted by Gasteiger charge is -2.07. The molecule has 0 saturated heterocycles. The highest BCUT2D eigenvalue weighted by Gasteiger charge is 2.14. The summed E-state index contributed by atoms with van der Waals surface area (Å²) in [5.74, 6) is -1.05. The van der Waals surface area contributed by atoms with Crippen molar-refractivity contribution in [2.45, 2.75) is 26.7 Å². The van der Waals surface area contributed by atoms with Gasteiger partial charge in [-0.2, -0.15) is 0 Å². The van der Waals surface area contributed by atoms with E-state index in [4.69, 9.17) is 5.11 Å². The average Bonchev–Trinajstić information content (AvgIpc) is 2.98. The van der Waals surface area contributed by atoms with E-state index in [1.54, 1.807) is 18.2 Å². The van der Waals surface area contributed by atoms with E-state index in [2.05, 4.69) is 10.3 Å². The minimum absolute atomic E-state index is 0.0901. The maximum atomic E-state index is 12.6. The van der Waals surface area contributed by atoms with Gasteiger partial charge in [-0.05, 0) is 50.1 Å². The molecule has 128 valence electrons. The highest BCUT2D eigenvalue weighted by Crippen LogP contribution is 2.17. The lowest BCUT2D eigenvalue weighted by Crippen LogP contribution is -2.12. The van der Waals surface area contributed by atoms with Gasteiger partial charge in [0.2, 0.25) is 0 Å². The van der Waals surface area contributed by atoms with Gasteiger partial charge in [-0.25, -0.2) is 4.98 Å². The molecule has 0 spiro atoms. The Morgan fingerprint density at radius 1 is 1.16 bits per heavy atom. The number of carbonyl (C=O) groups is 2. The van der Waals surface area contributed by atoms with Gasteiger partial charge >= 0.3 is 5.97 Å². The molecular weight excluding hydrogens is 318 g/mol. The number of hydrogen-bond donors (Lipinski definition) is 2. The van der Waals surface area contributed by atoms with Gasteiger partial charge in [-0.15, -0.1) is 0 Å². The van der Waals surface area contributed by atoms with Gasteiger partial charge in [0.25, 0.3) is 5.91 Å². The number of aromatic nitrogens is 2. The summed E-state index contributed by atoms with van der Waals surface area (Å²) in [6, 6.07) is 10.9. The van der Waals surface area contributed by atoms with E-state index < -0.39 is 5.97 Å². The van der Waals surface area contributed by atoms with Gasteiger partial charge in [0.1, 0.15) is 5.65 Å². The Hall–Kier alpha value is -3.15. The standard InChI is InChI=1S/C19H19N3O3/c1-12-11-13(2)22-10-9-16(18(22)20-12)19(25)21-15-6-3-14(4-7-15)5-8-17(23)24/h3-4,6-7,9-11H,5,8H2,1-2H3,(H,21,25)(H,23,24). The van der Waals surface area contributed by atoms with E-state index in [1.807, 2.05) is 42.6 Å². The number of rotatable bonds is 5. The summed E-state index contributed by atoms with van der Waals surface area (Å²) in [5.41, 5.74) is 4.61. The smallest absolute Gasteiger partial charge is 0.303 e. The fourth-order valence-corrected chi connectivity index (χ4v) is 2.78. The van der Waals surface area contributed by atoms with Crippen LogP contribution in [0.3, 0.4) is 0 Å². The molecule has 2 N–H and O–H groups in total. The molecule has 6 heteroatoms. The van der Waals surface area contributed by atoms with Crippen LogP contribution in [0.2, 0.25) is 0 Å². The summed E-state index contributed by atoms with van der Waals surface area (Å²) >= 11 is 0. The summed E-state index contributed by atoms with van der Waals surface area (Å²) in [4.78, 5) is 27.6. The number of nitrogens with one attached hydrogen (secondary N) is 1. The van der Waals surface area contributed by atoms with Crippen molar-refractivity contribution in [1.29, 1.82) is 0 Å². The van der Waals surface area contributed by atoms with Crippen molar-refractivity contribution in [2.75, 3.05) is 5.32 Å². The van der Waals surface area contributed by atoms with Gasteiger partial charge < -0.3 is 14.8 Å². The number of carboxylic acid groups (broad SMARTS) is 1. The third-order valence-electron chi connectivity index (χ3n) is 4.02. The topological polar surface area (TPSA) is 83.7 Å². The second kappa shape index (κ2) is 6.76. The fraction of sp³-hybridized carbons (Fsp3) is 0.211. The number of carboxylic acids is 1. The molecule has 3 rings (SSSR count). The Morgan fingerprint density at radius 2 is 1.88 bits per heavy atom. The molecule has 0 aliphatic carbocycles. The van der Waals surface area contributed by atoms with Crippen molar-refractivity contribution in [2.24, 2.45) is 0 Å². The first-order valence-electron chi connectivity index (χ1n) is 8.01. The molecule has 2 heterocycles. The molecule has 6 nitrogen and oxygen atoms in total. The summed E-state index contributed by atoms with van der Waals surface area (Å²) in [7, 11) is 0. The molecule has 1 amide bonds. The fourth-order valence-electron chi connectivity index (χ4n) is 2.78. The van der Waals surface area contributed by atoms with E-state index in [9.17, 15) is 9.59 Å². The van der Waals surface area contributed by atoms with E-state index in [0.29, 0.717) is 23.3 Å². The zero-order valence-electron chi connectivity index (χ0n) is 14.1. The summed E-state index contributed by atoms with van der Waals surface area (Å²) < 4.78 is 1.89. The van der Waals surface area contributed by atoms with Crippen LogP contribution in [0.4, 0.5) is 5.69 Å². The minimum atomic E-state index is -0.823. The molecular formula is C19H19N3O3. The van der Waals surface area contributed by atoms with Crippen LogP contribution in [0.25, 0.3) is 5.65 Å². The van der Waals surface area contributed by atoms with Gasteiger partial charge in [0, 0.05) is 29.7 Å². The molecule has 0 atom stereocenters.